The zero-order valence-corrected chi connectivity index (χ0v) is 18.7. The summed E-state index contributed by atoms with van der Waals surface area (Å²) in [5, 5.41) is 0.411. The first-order valence-electron chi connectivity index (χ1n) is 9.28. The molecule has 0 aromatic heterocycles. The third-order valence-electron chi connectivity index (χ3n) is 4.81. The molecular weight excluding hydrogens is 450 g/mol. The van der Waals surface area contributed by atoms with Crippen LogP contribution in [0.3, 0.4) is 0 Å². The van der Waals surface area contributed by atoms with Crippen molar-refractivity contribution in [2.75, 3.05) is 36.7 Å². The van der Waals surface area contributed by atoms with Crippen LogP contribution >= 0.6 is 11.6 Å². The van der Waals surface area contributed by atoms with E-state index in [9.17, 15) is 21.6 Å². The van der Waals surface area contributed by atoms with E-state index < -0.39 is 20.0 Å². The Morgan fingerprint density at radius 2 is 1.57 bits per heavy atom. The molecule has 1 aliphatic rings. The Morgan fingerprint density at radius 3 is 2.17 bits per heavy atom. The van der Waals surface area contributed by atoms with Crippen molar-refractivity contribution in [1.29, 1.82) is 0 Å². The summed E-state index contributed by atoms with van der Waals surface area (Å²) in [6.07, 6.45) is 0. The van der Waals surface area contributed by atoms with Gasteiger partial charge in [-0.1, -0.05) is 23.7 Å². The van der Waals surface area contributed by atoms with E-state index in [0.29, 0.717) is 5.02 Å². The number of hydrogen-bond acceptors (Lipinski definition) is 5. The van der Waals surface area contributed by atoms with Crippen LogP contribution in [0.15, 0.2) is 53.4 Å². The summed E-state index contributed by atoms with van der Waals surface area (Å²) in [4.78, 5) is 14.6. The molecule has 3 rings (SSSR count). The highest BCUT2D eigenvalue weighted by molar-refractivity contribution is 7.92. The number of sulfonamides is 2. The standard InChI is InChI=1S/C19H22ClN3O5S2/c1-2-29(25,26)23-13-11-22(12-14-23)19(24)17-5-3-4-6-18(17)21-30(27,28)16-9-7-15(20)8-10-16/h3-10,21H,2,11-14H2,1H3. The van der Waals surface area contributed by atoms with Gasteiger partial charge in [0.2, 0.25) is 10.0 Å². The number of anilines is 1. The van der Waals surface area contributed by atoms with Gasteiger partial charge >= 0.3 is 0 Å². The summed E-state index contributed by atoms with van der Waals surface area (Å²) >= 11 is 5.82. The van der Waals surface area contributed by atoms with Gasteiger partial charge in [-0.2, -0.15) is 4.31 Å². The van der Waals surface area contributed by atoms with Gasteiger partial charge in [-0.25, -0.2) is 16.8 Å². The molecule has 11 heteroatoms. The lowest BCUT2D eigenvalue weighted by Gasteiger charge is -2.34. The largest absolute Gasteiger partial charge is 0.336 e. The van der Waals surface area contributed by atoms with Crippen molar-refractivity contribution in [3.8, 4) is 0 Å². The van der Waals surface area contributed by atoms with E-state index in [-0.39, 0.29) is 54.0 Å². The smallest absolute Gasteiger partial charge is 0.261 e. The van der Waals surface area contributed by atoms with E-state index in [1.165, 1.54) is 45.6 Å². The first-order chi connectivity index (χ1) is 14.1. The molecule has 1 heterocycles. The molecule has 1 amide bonds. The lowest BCUT2D eigenvalue weighted by molar-refractivity contribution is 0.0699. The number of halogens is 1. The molecule has 0 spiro atoms. The third kappa shape index (κ3) is 4.94. The predicted octanol–water partition coefficient (Wildman–Crippen LogP) is 2.25. The Morgan fingerprint density at radius 1 is 0.967 bits per heavy atom. The summed E-state index contributed by atoms with van der Waals surface area (Å²) in [5.41, 5.74) is 0.350. The molecule has 0 saturated carbocycles. The molecule has 0 bridgehead atoms. The zero-order valence-electron chi connectivity index (χ0n) is 16.3. The third-order valence-corrected chi connectivity index (χ3v) is 8.32. The van der Waals surface area contributed by atoms with Crippen molar-refractivity contribution in [3.05, 3.63) is 59.1 Å². The van der Waals surface area contributed by atoms with Crippen molar-refractivity contribution < 1.29 is 21.6 Å². The van der Waals surface area contributed by atoms with Gasteiger partial charge in [-0.3, -0.25) is 9.52 Å². The van der Waals surface area contributed by atoms with Crippen LogP contribution in [0.25, 0.3) is 0 Å². The minimum Gasteiger partial charge on any atom is -0.336 e. The predicted molar refractivity (Wildman–Crippen MR) is 116 cm³/mol. The second-order valence-corrected chi connectivity index (χ2v) is 11.1. The number of benzene rings is 2. The minimum atomic E-state index is -3.92. The highest BCUT2D eigenvalue weighted by Gasteiger charge is 2.29. The minimum absolute atomic E-state index is 0.0102. The summed E-state index contributed by atoms with van der Waals surface area (Å²) in [7, 11) is -7.22. The van der Waals surface area contributed by atoms with Crippen LogP contribution in [-0.2, 0) is 20.0 Å². The zero-order chi connectivity index (χ0) is 21.9. The Hall–Kier alpha value is -2.14. The van der Waals surface area contributed by atoms with Crippen LogP contribution in [0.2, 0.25) is 5.02 Å². The first-order valence-corrected chi connectivity index (χ1v) is 12.8. The highest BCUT2D eigenvalue weighted by Crippen LogP contribution is 2.23. The number of rotatable bonds is 6. The molecule has 1 saturated heterocycles. The van der Waals surface area contributed by atoms with E-state index >= 15 is 0 Å². The molecular formula is C19H22ClN3O5S2. The van der Waals surface area contributed by atoms with Crippen molar-refractivity contribution in [2.24, 2.45) is 0 Å². The van der Waals surface area contributed by atoms with E-state index in [2.05, 4.69) is 4.72 Å². The van der Waals surface area contributed by atoms with Crippen LogP contribution < -0.4 is 4.72 Å². The molecule has 1 N–H and O–H groups in total. The summed E-state index contributed by atoms with van der Waals surface area (Å²) in [6.45, 7) is 2.46. The Bertz CT molecular complexity index is 1130. The topological polar surface area (TPSA) is 104 Å². The van der Waals surface area contributed by atoms with Crippen molar-refractivity contribution in [3.63, 3.8) is 0 Å². The fourth-order valence-electron chi connectivity index (χ4n) is 3.10. The van der Waals surface area contributed by atoms with E-state index in [0.717, 1.165) is 0 Å². The van der Waals surface area contributed by atoms with Crippen LogP contribution in [0.5, 0.6) is 0 Å². The molecule has 162 valence electrons. The number of piperazine rings is 1. The molecule has 0 radical (unpaired) electrons. The normalized spacial score (nSPS) is 15.7. The van der Waals surface area contributed by atoms with Crippen molar-refractivity contribution in [2.45, 2.75) is 11.8 Å². The van der Waals surface area contributed by atoms with Gasteiger partial charge in [0.25, 0.3) is 15.9 Å². The molecule has 30 heavy (non-hydrogen) atoms. The van der Waals surface area contributed by atoms with E-state index in [1.54, 1.807) is 19.1 Å². The maximum absolute atomic E-state index is 13.0. The number of nitrogens with one attached hydrogen (secondary N) is 1. The molecule has 2 aromatic carbocycles. The number of para-hydroxylation sites is 1. The van der Waals surface area contributed by atoms with Gasteiger partial charge in [-0.15, -0.1) is 0 Å². The molecule has 0 atom stereocenters. The maximum Gasteiger partial charge on any atom is 0.261 e. The lowest BCUT2D eigenvalue weighted by atomic mass is 10.1. The second kappa shape index (κ2) is 8.93. The lowest BCUT2D eigenvalue weighted by Crippen LogP contribution is -2.51. The van der Waals surface area contributed by atoms with Crippen molar-refractivity contribution >= 4 is 43.2 Å². The number of nitrogens with zero attached hydrogens (tertiary/aromatic N) is 2. The average molecular weight is 472 g/mol. The van der Waals surface area contributed by atoms with Crippen LogP contribution in [0, 0.1) is 0 Å². The van der Waals surface area contributed by atoms with Gasteiger partial charge in [0.1, 0.15) is 0 Å². The van der Waals surface area contributed by atoms with E-state index in [1.807, 2.05) is 0 Å². The maximum atomic E-state index is 13.0. The van der Waals surface area contributed by atoms with Crippen LogP contribution in [0.1, 0.15) is 17.3 Å². The first kappa shape index (κ1) is 22.5. The molecule has 2 aromatic rings. The Labute approximate surface area is 181 Å². The van der Waals surface area contributed by atoms with Gasteiger partial charge in [0.15, 0.2) is 0 Å². The van der Waals surface area contributed by atoms with Gasteiger partial charge < -0.3 is 4.90 Å². The summed E-state index contributed by atoms with van der Waals surface area (Å²) in [6, 6.07) is 12.0. The van der Waals surface area contributed by atoms with Crippen LogP contribution in [0.4, 0.5) is 5.69 Å². The molecule has 1 aliphatic heterocycles. The number of amides is 1. The van der Waals surface area contributed by atoms with Gasteiger partial charge in [0, 0.05) is 31.2 Å². The quantitative estimate of drug-likeness (QED) is 0.695. The fourth-order valence-corrected chi connectivity index (χ4v) is 5.39. The van der Waals surface area contributed by atoms with Crippen molar-refractivity contribution in [1.82, 2.24) is 9.21 Å². The van der Waals surface area contributed by atoms with Gasteiger partial charge in [0.05, 0.1) is 21.9 Å². The molecule has 0 aliphatic carbocycles. The van der Waals surface area contributed by atoms with Crippen LogP contribution in [-0.4, -0.2) is 63.9 Å². The average Bonchev–Trinajstić information content (AvgIpc) is 2.74. The second-order valence-electron chi connectivity index (χ2n) is 6.70. The number of carbonyl (C=O) groups excluding carboxylic acids is 1. The SMILES string of the molecule is CCS(=O)(=O)N1CCN(C(=O)c2ccccc2NS(=O)(=O)c2ccc(Cl)cc2)CC1. The summed E-state index contributed by atoms with van der Waals surface area (Å²) in [5.74, 6) is -0.353. The Kier molecular flexibility index (Phi) is 6.71. The Balaban J connectivity index is 1.79. The number of hydrogen-bond donors (Lipinski definition) is 1. The fraction of sp³-hybridized carbons (Fsp3) is 0.316. The molecule has 8 nitrogen and oxygen atoms in total. The highest BCUT2D eigenvalue weighted by atomic mass is 35.5. The monoisotopic (exact) mass is 471 g/mol. The molecule has 0 unspecified atom stereocenters. The summed E-state index contributed by atoms with van der Waals surface area (Å²) < 4.78 is 53.2. The van der Waals surface area contributed by atoms with E-state index in [4.69, 9.17) is 11.6 Å². The molecule has 1 fully saturated rings. The van der Waals surface area contributed by atoms with Gasteiger partial charge in [-0.05, 0) is 43.3 Å². The number of carbonyl (C=O) groups is 1.